The number of Topliss-reactive ketones (excluding diaryl/α,β-unsaturated/α-hetero) is 1. The quantitative estimate of drug-likeness (QED) is 0.416. The van der Waals surface area contributed by atoms with Crippen molar-refractivity contribution in [3.63, 3.8) is 0 Å². The number of hydrogen-bond acceptors (Lipinski definition) is 5. The summed E-state index contributed by atoms with van der Waals surface area (Å²) in [5, 5.41) is 15.2. The van der Waals surface area contributed by atoms with Gasteiger partial charge in [-0.25, -0.2) is 4.79 Å². The van der Waals surface area contributed by atoms with Crippen LogP contribution in [0.2, 0.25) is 0 Å². The molecule has 0 saturated carbocycles. The van der Waals surface area contributed by atoms with Crippen molar-refractivity contribution in [1.29, 1.82) is 0 Å². The highest BCUT2D eigenvalue weighted by Gasteiger charge is 2.46. The van der Waals surface area contributed by atoms with Crippen LogP contribution in [0.5, 0.6) is 0 Å². The van der Waals surface area contributed by atoms with Gasteiger partial charge in [-0.05, 0) is 30.4 Å². The Morgan fingerprint density at radius 1 is 0.881 bits per heavy atom. The number of hydrogen-bond donors (Lipinski definition) is 3. The molecule has 2 saturated heterocycles. The number of nitrogens with zero attached hydrogens (tertiary/aromatic N) is 2. The maximum absolute atomic E-state index is 13.8. The van der Waals surface area contributed by atoms with E-state index < -0.39 is 48.3 Å². The van der Waals surface area contributed by atoms with Gasteiger partial charge in [0.15, 0.2) is 6.10 Å². The van der Waals surface area contributed by atoms with E-state index in [4.69, 9.17) is 0 Å². The molecule has 4 atom stereocenters. The van der Waals surface area contributed by atoms with E-state index in [1.54, 1.807) is 54.6 Å². The molecule has 2 fully saturated rings. The molecule has 3 N–H and O–H groups in total. The molecule has 0 aliphatic carbocycles. The number of carbonyl (C=O) groups is 4. The van der Waals surface area contributed by atoms with E-state index in [9.17, 15) is 37.5 Å². The summed E-state index contributed by atoms with van der Waals surface area (Å²) in [5.74, 6) is -1.28. The summed E-state index contributed by atoms with van der Waals surface area (Å²) >= 11 is 0. The average Bonchev–Trinajstić information content (AvgIpc) is 3.47. The molecule has 0 spiro atoms. The molecule has 2 aromatic rings. The summed E-state index contributed by atoms with van der Waals surface area (Å²) in [6.07, 6.45) is -6.80. The van der Waals surface area contributed by atoms with Gasteiger partial charge in [0.05, 0.1) is 6.04 Å². The number of alkyl halides is 3. The van der Waals surface area contributed by atoms with Crippen molar-refractivity contribution in [2.75, 3.05) is 19.6 Å². The van der Waals surface area contributed by atoms with Crippen LogP contribution >= 0.6 is 0 Å². The summed E-state index contributed by atoms with van der Waals surface area (Å²) in [4.78, 5) is 54.6. The van der Waals surface area contributed by atoms with Crippen LogP contribution in [-0.4, -0.2) is 88.6 Å². The summed E-state index contributed by atoms with van der Waals surface area (Å²) in [6, 6.07) is 12.9. The lowest BCUT2D eigenvalue weighted by Gasteiger charge is -2.33. The summed E-state index contributed by atoms with van der Waals surface area (Å²) < 4.78 is 40.5. The number of halogens is 3. The van der Waals surface area contributed by atoms with Crippen LogP contribution in [0.4, 0.5) is 18.0 Å². The van der Waals surface area contributed by atoms with E-state index in [1.165, 1.54) is 9.80 Å². The van der Waals surface area contributed by atoms with Crippen LogP contribution < -0.4 is 10.6 Å². The lowest BCUT2D eigenvalue weighted by atomic mass is 10.00. The molecule has 4 amide bonds. The highest BCUT2D eigenvalue weighted by molar-refractivity contribution is 5.93. The smallest absolute Gasteiger partial charge is 0.382 e. The molecule has 9 nitrogen and oxygen atoms in total. The minimum Gasteiger partial charge on any atom is -0.382 e. The molecule has 42 heavy (non-hydrogen) atoms. The Hall–Kier alpha value is -3.93. The van der Waals surface area contributed by atoms with E-state index in [1.807, 2.05) is 6.07 Å². The highest BCUT2D eigenvalue weighted by atomic mass is 19.4. The molecular formula is C30H35F3N4O5. The molecule has 2 aromatic carbocycles. The fraction of sp³-hybridized carbons (Fsp3) is 0.467. The van der Waals surface area contributed by atoms with Crippen LogP contribution in [0.25, 0.3) is 0 Å². The second-order valence-electron chi connectivity index (χ2n) is 10.7. The number of rotatable bonds is 9. The van der Waals surface area contributed by atoms with Crippen LogP contribution in [0.1, 0.15) is 36.8 Å². The van der Waals surface area contributed by atoms with Gasteiger partial charge in [-0.1, -0.05) is 60.7 Å². The first kappa shape index (κ1) is 31.0. The Labute approximate surface area is 242 Å². The highest BCUT2D eigenvalue weighted by Crippen LogP contribution is 2.26. The number of aliphatic hydroxyl groups is 1. The third-order valence-corrected chi connectivity index (χ3v) is 7.67. The molecule has 2 heterocycles. The van der Waals surface area contributed by atoms with E-state index >= 15 is 0 Å². The van der Waals surface area contributed by atoms with Crippen molar-refractivity contribution >= 4 is 23.6 Å². The fourth-order valence-corrected chi connectivity index (χ4v) is 5.37. The third-order valence-electron chi connectivity index (χ3n) is 7.67. The predicted molar refractivity (Wildman–Crippen MR) is 147 cm³/mol. The molecule has 226 valence electrons. The van der Waals surface area contributed by atoms with Crippen molar-refractivity contribution in [3.8, 4) is 0 Å². The zero-order valence-electron chi connectivity index (χ0n) is 23.1. The van der Waals surface area contributed by atoms with E-state index in [0.717, 1.165) is 5.56 Å². The van der Waals surface area contributed by atoms with Crippen molar-refractivity contribution in [2.45, 2.75) is 68.9 Å². The summed E-state index contributed by atoms with van der Waals surface area (Å²) in [7, 11) is 0. The summed E-state index contributed by atoms with van der Waals surface area (Å²) in [5.41, 5.74) is 1.26. The number of aliphatic hydroxyl groups excluding tert-OH is 1. The van der Waals surface area contributed by atoms with Crippen molar-refractivity contribution in [2.24, 2.45) is 0 Å². The van der Waals surface area contributed by atoms with Gasteiger partial charge in [0.2, 0.25) is 11.8 Å². The molecule has 2 aliphatic heterocycles. The Bertz CT molecular complexity index is 1230. The number of ketones is 1. The SMILES string of the molecule is O=C1CCN(C(=O)N[C@@H](Cc2ccccc2)C(=O)N2CCC[C@H]2C(=O)NC(Cc2ccccc2)C(O)C(F)(F)F)CC1. The van der Waals surface area contributed by atoms with Crippen LogP contribution in [-0.2, 0) is 27.2 Å². The number of likely N-dealkylation sites (tertiary alicyclic amines) is 2. The molecular weight excluding hydrogens is 553 g/mol. The van der Waals surface area contributed by atoms with Gasteiger partial charge in [0, 0.05) is 38.9 Å². The predicted octanol–water partition coefficient (Wildman–Crippen LogP) is 2.61. The number of amides is 4. The minimum absolute atomic E-state index is 0.0584. The van der Waals surface area contributed by atoms with Gasteiger partial charge in [-0.2, -0.15) is 13.2 Å². The first-order valence-electron chi connectivity index (χ1n) is 14.0. The first-order valence-corrected chi connectivity index (χ1v) is 14.0. The monoisotopic (exact) mass is 588 g/mol. The molecule has 0 aromatic heterocycles. The van der Waals surface area contributed by atoms with E-state index in [2.05, 4.69) is 10.6 Å². The Balaban J connectivity index is 1.51. The van der Waals surface area contributed by atoms with Gasteiger partial charge in [-0.3, -0.25) is 14.4 Å². The fourth-order valence-electron chi connectivity index (χ4n) is 5.37. The number of carbonyl (C=O) groups excluding carboxylic acids is 4. The van der Waals surface area contributed by atoms with Crippen molar-refractivity contribution in [3.05, 3.63) is 71.8 Å². The normalized spacial score (nSPS) is 19.6. The maximum Gasteiger partial charge on any atom is 0.416 e. The minimum atomic E-state index is -4.97. The van der Waals surface area contributed by atoms with Crippen LogP contribution in [0.3, 0.4) is 0 Å². The number of urea groups is 1. The van der Waals surface area contributed by atoms with Gasteiger partial charge in [0.1, 0.15) is 17.9 Å². The van der Waals surface area contributed by atoms with Crippen molar-refractivity contribution in [1.82, 2.24) is 20.4 Å². The number of piperidine rings is 1. The topological polar surface area (TPSA) is 119 Å². The molecule has 2 unspecified atom stereocenters. The Morgan fingerprint density at radius 2 is 1.45 bits per heavy atom. The van der Waals surface area contributed by atoms with E-state index in [0.29, 0.717) is 12.0 Å². The summed E-state index contributed by atoms with van der Waals surface area (Å²) in [6.45, 7) is 0.646. The zero-order valence-corrected chi connectivity index (χ0v) is 23.1. The molecule has 0 radical (unpaired) electrons. The molecule has 2 aliphatic rings. The second-order valence-corrected chi connectivity index (χ2v) is 10.7. The van der Waals surface area contributed by atoms with Crippen LogP contribution in [0, 0.1) is 0 Å². The Morgan fingerprint density at radius 3 is 2.02 bits per heavy atom. The van der Waals surface area contributed by atoms with E-state index in [-0.39, 0.29) is 57.5 Å². The van der Waals surface area contributed by atoms with Crippen LogP contribution in [0.15, 0.2) is 60.7 Å². The Kier molecular flexibility index (Phi) is 10.2. The third kappa shape index (κ3) is 8.09. The zero-order chi connectivity index (χ0) is 30.3. The first-order chi connectivity index (χ1) is 20.0. The number of benzene rings is 2. The number of nitrogens with one attached hydrogen (secondary N) is 2. The average molecular weight is 589 g/mol. The second kappa shape index (κ2) is 13.8. The molecule has 4 rings (SSSR count). The molecule has 12 heteroatoms. The van der Waals surface area contributed by atoms with Gasteiger partial charge in [-0.15, -0.1) is 0 Å². The van der Waals surface area contributed by atoms with Gasteiger partial charge in [0.25, 0.3) is 0 Å². The lowest BCUT2D eigenvalue weighted by molar-refractivity contribution is -0.212. The van der Waals surface area contributed by atoms with Gasteiger partial charge < -0.3 is 25.5 Å². The largest absolute Gasteiger partial charge is 0.416 e. The maximum atomic E-state index is 13.8. The standard InChI is InChI=1S/C30H35F3N4O5/c31-30(32,33)26(39)23(18-20-8-3-1-4-9-20)34-27(40)25-12-7-15-37(25)28(41)24(19-21-10-5-2-6-11-21)35-29(42)36-16-13-22(38)14-17-36/h1-6,8-11,23-26,39H,7,12-19H2,(H,34,40)(H,35,42)/t23?,24-,25-,26?/m0/s1. The molecule has 0 bridgehead atoms. The van der Waals surface area contributed by atoms with Crippen molar-refractivity contribution < 1.29 is 37.5 Å². The van der Waals surface area contributed by atoms with Gasteiger partial charge >= 0.3 is 12.2 Å². The lowest BCUT2D eigenvalue weighted by Crippen LogP contribution is -2.59.